The minimum atomic E-state index is -0.692. The normalized spacial score (nSPS) is 10.7. The van der Waals surface area contributed by atoms with Crippen LogP contribution in [-0.2, 0) is 0 Å². The predicted octanol–water partition coefficient (Wildman–Crippen LogP) is 4.31. The Labute approximate surface area is 169 Å². The zero-order chi connectivity index (χ0) is 20.8. The molecule has 0 saturated carbocycles. The summed E-state index contributed by atoms with van der Waals surface area (Å²) in [6, 6.07) is 15.2. The van der Waals surface area contributed by atoms with Gasteiger partial charge in [0, 0.05) is 29.7 Å². The van der Waals surface area contributed by atoms with Crippen LogP contribution in [0.3, 0.4) is 0 Å². The molecule has 0 aliphatic rings. The van der Waals surface area contributed by atoms with E-state index in [0.29, 0.717) is 35.3 Å². The summed E-state index contributed by atoms with van der Waals surface area (Å²) in [5, 5.41) is 3.36. The summed E-state index contributed by atoms with van der Waals surface area (Å²) in [5.41, 5.74) is 0.732. The van der Waals surface area contributed by atoms with Crippen molar-refractivity contribution in [3.05, 3.63) is 76.1 Å². The number of hydrogen-bond acceptors (Lipinski definition) is 4. The SMILES string of the molecule is CCCN(CCC)C(=O)c1ccc(NC(=O)c2cc3ccccc3oc2=O)cc1. The van der Waals surface area contributed by atoms with Gasteiger partial charge in [-0.1, -0.05) is 32.0 Å². The van der Waals surface area contributed by atoms with Gasteiger partial charge >= 0.3 is 5.63 Å². The molecule has 3 aromatic rings. The fourth-order valence-electron chi connectivity index (χ4n) is 3.15. The molecule has 0 unspecified atom stereocenters. The van der Waals surface area contributed by atoms with Gasteiger partial charge in [-0.25, -0.2) is 4.79 Å². The van der Waals surface area contributed by atoms with Crippen LogP contribution < -0.4 is 10.9 Å². The summed E-state index contributed by atoms with van der Waals surface area (Å²) in [6.07, 6.45) is 1.79. The van der Waals surface area contributed by atoms with E-state index in [1.165, 1.54) is 6.07 Å². The van der Waals surface area contributed by atoms with Gasteiger partial charge in [-0.3, -0.25) is 9.59 Å². The van der Waals surface area contributed by atoms with Gasteiger partial charge in [0.2, 0.25) is 0 Å². The summed E-state index contributed by atoms with van der Waals surface area (Å²) in [7, 11) is 0. The van der Waals surface area contributed by atoms with E-state index in [-0.39, 0.29) is 11.5 Å². The maximum Gasteiger partial charge on any atom is 0.349 e. The van der Waals surface area contributed by atoms with Crippen molar-refractivity contribution < 1.29 is 14.0 Å². The van der Waals surface area contributed by atoms with Crippen LogP contribution in [-0.4, -0.2) is 29.8 Å². The second-order valence-corrected chi connectivity index (χ2v) is 6.81. The summed E-state index contributed by atoms with van der Waals surface area (Å²) in [6.45, 7) is 5.50. The first-order valence-electron chi connectivity index (χ1n) is 9.77. The minimum Gasteiger partial charge on any atom is -0.422 e. The summed E-state index contributed by atoms with van der Waals surface area (Å²) in [4.78, 5) is 39.1. The number of carbonyl (C=O) groups is 2. The fourth-order valence-corrected chi connectivity index (χ4v) is 3.15. The Balaban J connectivity index is 1.76. The van der Waals surface area contributed by atoms with Crippen molar-refractivity contribution in [2.24, 2.45) is 0 Å². The number of nitrogens with one attached hydrogen (secondary N) is 1. The topological polar surface area (TPSA) is 79.6 Å². The molecule has 0 fully saturated rings. The van der Waals surface area contributed by atoms with Crippen LogP contribution in [0.4, 0.5) is 5.69 Å². The number of nitrogens with zero attached hydrogens (tertiary/aromatic N) is 1. The predicted molar refractivity (Wildman–Crippen MR) is 113 cm³/mol. The molecule has 0 bridgehead atoms. The highest BCUT2D eigenvalue weighted by molar-refractivity contribution is 6.05. The van der Waals surface area contributed by atoms with Crippen molar-refractivity contribution in [1.82, 2.24) is 4.90 Å². The Morgan fingerprint density at radius 1 is 0.966 bits per heavy atom. The second kappa shape index (κ2) is 9.19. The number of anilines is 1. The first-order chi connectivity index (χ1) is 14.0. The molecule has 29 heavy (non-hydrogen) atoms. The molecule has 0 radical (unpaired) electrons. The average Bonchev–Trinajstić information content (AvgIpc) is 2.73. The smallest absolute Gasteiger partial charge is 0.349 e. The van der Waals surface area contributed by atoms with Gasteiger partial charge in [-0.15, -0.1) is 0 Å². The highest BCUT2D eigenvalue weighted by atomic mass is 16.4. The summed E-state index contributed by atoms with van der Waals surface area (Å²) in [5.74, 6) is -0.580. The Morgan fingerprint density at radius 2 is 1.62 bits per heavy atom. The molecule has 6 heteroatoms. The number of rotatable bonds is 7. The van der Waals surface area contributed by atoms with Crippen LogP contribution in [0, 0.1) is 0 Å². The third-order valence-electron chi connectivity index (χ3n) is 4.55. The van der Waals surface area contributed by atoms with Crippen LogP contribution in [0.5, 0.6) is 0 Å². The average molecular weight is 392 g/mol. The van der Waals surface area contributed by atoms with Crippen molar-refractivity contribution in [2.45, 2.75) is 26.7 Å². The van der Waals surface area contributed by atoms with Crippen LogP contribution in [0.25, 0.3) is 11.0 Å². The van der Waals surface area contributed by atoms with Crippen molar-refractivity contribution in [1.29, 1.82) is 0 Å². The minimum absolute atomic E-state index is 0.0262. The molecule has 0 aliphatic heterocycles. The first-order valence-corrected chi connectivity index (χ1v) is 9.77. The van der Waals surface area contributed by atoms with Gasteiger partial charge in [0.05, 0.1) is 0 Å². The largest absolute Gasteiger partial charge is 0.422 e. The van der Waals surface area contributed by atoms with Crippen LogP contribution in [0.15, 0.2) is 63.8 Å². The number of carbonyl (C=O) groups excluding carboxylic acids is 2. The van der Waals surface area contributed by atoms with Gasteiger partial charge in [0.15, 0.2) is 0 Å². The van der Waals surface area contributed by atoms with E-state index in [0.717, 1.165) is 12.8 Å². The molecule has 0 aliphatic carbocycles. The molecule has 3 rings (SSSR count). The van der Waals surface area contributed by atoms with Crippen molar-refractivity contribution in [3.8, 4) is 0 Å². The Morgan fingerprint density at radius 3 is 2.28 bits per heavy atom. The lowest BCUT2D eigenvalue weighted by Crippen LogP contribution is -2.32. The molecule has 1 aromatic heterocycles. The molecule has 1 N–H and O–H groups in total. The highest BCUT2D eigenvalue weighted by Gasteiger charge is 2.16. The molecule has 0 spiro atoms. The fraction of sp³-hybridized carbons (Fsp3) is 0.261. The Bertz CT molecular complexity index is 1060. The van der Waals surface area contributed by atoms with E-state index in [1.807, 2.05) is 18.7 Å². The molecule has 2 aromatic carbocycles. The van der Waals surface area contributed by atoms with E-state index in [1.54, 1.807) is 48.5 Å². The molecule has 0 saturated heterocycles. The number of hydrogen-bond donors (Lipinski definition) is 1. The maximum atomic E-state index is 12.6. The van der Waals surface area contributed by atoms with E-state index in [9.17, 15) is 14.4 Å². The lowest BCUT2D eigenvalue weighted by Gasteiger charge is -2.21. The molecular weight excluding hydrogens is 368 g/mol. The van der Waals surface area contributed by atoms with Gasteiger partial charge in [-0.05, 0) is 49.2 Å². The van der Waals surface area contributed by atoms with E-state index in [2.05, 4.69) is 5.32 Å². The van der Waals surface area contributed by atoms with Crippen molar-refractivity contribution in [3.63, 3.8) is 0 Å². The van der Waals surface area contributed by atoms with E-state index < -0.39 is 11.5 Å². The van der Waals surface area contributed by atoms with Crippen LogP contribution in [0.2, 0.25) is 0 Å². The lowest BCUT2D eigenvalue weighted by atomic mass is 10.1. The number of amides is 2. The number of fused-ring (bicyclic) bond motifs is 1. The van der Waals surface area contributed by atoms with E-state index in [4.69, 9.17) is 4.42 Å². The van der Waals surface area contributed by atoms with Crippen molar-refractivity contribution >= 4 is 28.5 Å². The highest BCUT2D eigenvalue weighted by Crippen LogP contribution is 2.16. The lowest BCUT2D eigenvalue weighted by molar-refractivity contribution is 0.0755. The van der Waals surface area contributed by atoms with Gasteiger partial charge in [-0.2, -0.15) is 0 Å². The second-order valence-electron chi connectivity index (χ2n) is 6.81. The summed E-state index contributed by atoms with van der Waals surface area (Å²) >= 11 is 0. The van der Waals surface area contributed by atoms with Gasteiger partial charge < -0.3 is 14.6 Å². The molecule has 150 valence electrons. The zero-order valence-corrected chi connectivity index (χ0v) is 16.6. The standard InChI is InChI=1S/C23H24N2O4/c1-3-13-25(14-4-2)22(27)16-9-11-18(12-10-16)24-21(26)19-15-17-7-5-6-8-20(17)29-23(19)28/h5-12,15H,3-4,13-14H2,1-2H3,(H,24,26). The van der Waals surface area contributed by atoms with E-state index >= 15 is 0 Å². The Kier molecular flexibility index (Phi) is 6.44. The molecule has 2 amide bonds. The number of benzene rings is 2. The van der Waals surface area contributed by atoms with Crippen LogP contribution >= 0.6 is 0 Å². The molecule has 1 heterocycles. The Hall–Kier alpha value is -3.41. The molecule has 0 atom stereocenters. The maximum absolute atomic E-state index is 12.6. The van der Waals surface area contributed by atoms with Gasteiger partial charge in [0.1, 0.15) is 11.1 Å². The zero-order valence-electron chi connectivity index (χ0n) is 16.6. The first kappa shape index (κ1) is 20.3. The molecule has 6 nitrogen and oxygen atoms in total. The van der Waals surface area contributed by atoms with Gasteiger partial charge in [0.25, 0.3) is 11.8 Å². The quantitative estimate of drug-likeness (QED) is 0.608. The van der Waals surface area contributed by atoms with Crippen molar-refractivity contribution in [2.75, 3.05) is 18.4 Å². The monoisotopic (exact) mass is 392 g/mol. The third kappa shape index (κ3) is 4.71. The number of para-hydroxylation sites is 1. The van der Waals surface area contributed by atoms with Crippen LogP contribution in [0.1, 0.15) is 47.4 Å². The summed E-state index contributed by atoms with van der Waals surface area (Å²) < 4.78 is 5.21. The third-order valence-corrected chi connectivity index (χ3v) is 4.55. The molecular formula is C23H24N2O4.